The van der Waals surface area contributed by atoms with Crippen LogP contribution in [0.4, 0.5) is 5.82 Å². The number of benzene rings is 1. The van der Waals surface area contributed by atoms with Crippen molar-refractivity contribution in [2.24, 2.45) is 5.41 Å². The molecule has 6 rings (SSSR count). The van der Waals surface area contributed by atoms with E-state index in [1.807, 2.05) is 25.1 Å². The van der Waals surface area contributed by atoms with Crippen LogP contribution in [-0.2, 0) is 16.1 Å². The second kappa shape index (κ2) is 10.2. The number of nitrogens with zero attached hydrogens (tertiary/aromatic N) is 6. The van der Waals surface area contributed by atoms with Crippen molar-refractivity contribution in [2.75, 3.05) is 5.32 Å². The van der Waals surface area contributed by atoms with Crippen LogP contribution in [0.25, 0.3) is 22.0 Å². The first-order valence-electron chi connectivity index (χ1n) is 13.5. The molecule has 2 amide bonds. The van der Waals surface area contributed by atoms with E-state index < -0.39 is 6.04 Å². The van der Waals surface area contributed by atoms with Crippen molar-refractivity contribution in [1.82, 2.24) is 29.6 Å². The molecule has 42 heavy (non-hydrogen) atoms. The Kier molecular flexibility index (Phi) is 6.76. The minimum absolute atomic E-state index is 0.0637. The number of halogens is 1. The molecular formula is C30H28BrN7O4. The van der Waals surface area contributed by atoms with E-state index in [4.69, 9.17) is 0 Å². The van der Waals surface area contributed by atoms with Crippen LogP contribution in [0.1, 0.15) is 60.3 Å². The lowest BCUT2D eigenvalue weighted by Crippen LogP contribution is -2.46. The number of Topliss-reactive ketones (excluding diaryl/α,β-unsaturated/α-hetero) is 2. The molecule has 1 N–H and O–H groups in total. The average molecular weight is 631 g/mol. The van der Waals surface area contributed by atoms with E-state index >= 15 is 0 Å². The van der Waals surface area contributed by atoms with Gasteiger partial charge in [0.2, 0.25) is 11.8 Å². The van der Waals surface area contributed by atoms with E-state index in [9.17, 15) is 19.2 Å². The smallest absolute Gasteiger partial charge is 0.248 e. The van der Waals surface area contributed by atoms with Gasteiger partial charge in [0.05, 0.1) is 5.52 Å². The third kappa shape index (κ3) is 5.00. The number of likely N-dealkylation sites (tertiary alicyclic amines) is 1. The first kappa shape index (κ1) is 27.8. The van der Waals surface area contributed by atoms with Crippen LogP contribution in [0.15, 0.2) is 47.3 Å². The highest BCUT2D eigenvalue weighted by atomic mass is 79.9. The third-order valence-electron chi connectivity index (χ3n) is 8.16. The molecule has 1 aliphatic heterocycles. The maximum absolute atomic E-state index is 13.8. The fourth-order valence-electron chi connectivity index (χ4n) is 5.82. The number of carbonyl (C=O) groups is 4. The second-order valence-electron chi connectivity index (χ2n) is 11.3. The average Bonchev–Trinajstić information content (AvgIpc) is 3.30. The fourth-order valence-corrected chi connectivity index (χ4v) is 6.26. The van der Waals surface area contributed by atoms with Crippen molar-refractivity contribution in [1.29, 1.82) is 0 Å². The molecule has 4 heterocycles. The summed E-state index contributed by atoms with van der Waals surface area (Å²) in [5.41, 5.74) is 2.80. The summed E-state index contributed by atoms with van der Waals surface area (Å²) in [4.78, 5) is 66.1. The normalized spacial score (nSPS) is 20.8. The van der Waals surface area contributed by atoms with Crippen molar-refractivity contribution in [3.05, 3.63) is 64.4 Å². The van der Waals surface area contributed by atoms with E-state index in [2.05, 4.69) is 48.2 Å². The maximum Gasteiger partial charge on any atom is 0.248 e. The van der Waals surface area contributed by atoms with Gasteiger partial charge in [0, 0.05) is 41.9 Å². The van der Waals surface area contributed by atoms with Gasteiger partial charge in [-0.25, -0.2) is 15.0 Å². The number of pyridine rings is 1. The summed E-state index contributed by atoms with van der Waals surface area (Å²) in [5, 5.41) is 7.94. The van der Waals surface area contributed by atoms with Crippen molar-refractivity contribution >= 4 is 56.0 Å². The van der Waals surface area contributed by atoms with Crippen molar-refractivity contribution in [3.63, 3.8) is 0 Å². The van der Waals surface area contributed by atoms with E-state index in [1.54, 1.807) is 23.4 Å². The Morgan fingerprint density at radius 2 is 1.76 bits per heavy atom. The lowest BCUT2D eigenvalue weighted by molar-refractivity contribution is -0.138. The topological polar surface area (TPSA) is 140 Å². The van der Waals surface area contributed by atoms with Gasteiger partial charge < -0.3 is 10.2 Å². The molecule has 0 spiro atoms. The minimum Gasteiger partial charge on any atom is -0.325 e. The molecule has 0 unspecified atom stereocenters. The van der Waals surface area contributed by atoms with Crippen LogP contribution in [-0.4, -0.2) is 65.1 Å². The molecule has 3 atom stereocenters. The van der Waals surface area contributed by atoms with Crippen molar-refractivity contribution in [2.45, 2.75) is 59.2 Å². The molecule has 2 fully saturated rings. The summed E-state index contributed by atoms with van der Waals surface area (Å²) in [6, 6.07) is 7.91. The molecule has 1 saturated carbocycles. The highest BCUT2D eigenvalue weighted by Crippen LogP contribution is 2.59. The van der Waals surface area contributed by atoms with Gasteiger partial charge >= 0.3 is 0 Å². The molecule has 1 saturated heterocycles. The number of piperidine rings is 1. The van der Waals surface area contributed by atoms with Crippen molar-refractivity contribution < 1.29 is 19.2 Å². The number of aromatic nitrogens is 5. The Morgan fingerprint density at radius 3 is 2.45 bits per heavy atom. The highest BCUT2D eigenvalue weighted by molar-refractivity contribution is 9.10. The summed E-state index contributed by atoms with van der Waals surface area (Å²) in [7, 11) is 0. The summed E-state index contributed by atoms with van der Waals surface area (Å²) < 4.78 is 1.95. The van der Waals surface area contributed by atoms with Crippen LogP contribution in [0.5, 0.6) is 0 Å². The molecule has 1 aromatic carbocycles. The molecule has 3 aromatic heterocycles. The Morgan fingerprint density at radius 1 is 1.02 bits per heavy atom. The van der Waals surface area contributed by atoms with Crippen LogP contribution >= 0.6 is 15.9 Å². The molecule has 0 radical (unpaired) electrons. The zero-order valence-electron chi connectivity index (χ0n) is 23.5. The van der Waals surface area contributed by atoms with Gasteiger partial charge in [-0.05, 0) is 77.9 Å². The van der Waals surface area contributed by atoms with E-state index in [-0.39, 0.29) is 52.9 Å². The number of carbonyl (C=O) groups excluding carboxylic acids is 4. The van der Waals surface area contributed by atoms with Crippen LogP contribution in [0, 0.1) is 12.3 Å². The Balaban J connectivity index is 1.28. The predicted octanol–water partition coefficient (Wildman–Crippen LogP) is 4.38. The monoisotopic (exact) mass is 629 g/mol. The number of anilines is 1. The Labute approximate surface area is 249 Å². The maximum atomic E-state index is 13.8. The summed E-state index contributed by atoms with van der Waals surface area (Å²) in [6.45, 7) is 6.64. The first-order valence-corrected chi connectivity index (χ1v) is 14.3. The molecule has 214 valence electrons. The highest BCUT2D eigenvalue weighted by Gasteiger charge is 2.64. The van der Waals surface area contributed by atoms with Crippen LogP contribution in [0.3, 0.4) is 0 Å². The van der Waals surface area contributed by atoms with Crippen LogP contribution < -0.4 is 5.32 Å². The molecular weight excluding hydrogens is 602 g/mol. The van der Waals surface area contributed by atoms with Gasteiger partial charge in [-0.1, -0.05) is 13.0 Å². The molecule has 12 heteroatoms. The molecule has 11 nitrogen and oxygen atoms in total. The second-order valence-corrected chi connectivity index (χ2v) is 12.1. The van der Waals surface area contributed by atoms with Gasteiger partial charge in [0.1, 0.15) is 34.5 Å². The SMILES string of the molecule is CC(=O)c1cc(Br)nc(NC(=O)[C@@H]2C[C@@]3(C)C[C@H]3N2C(=O)Cn2nc(C(C)=O)c3cc(-c4cnc(C)nc4)ccc32)c1. The number of hydrogen-bond donors (Lipinski definition) is 1. The number of rotatable bonds is 7. The fraction of sp³-hybridized carbons (Fsp3) is 0.333. The molecule has 2 aliphatic rings. The number of ketones is 2. The molecule has 0 bridgehead atoms. The van der Waals surface area contributed by atoms with Gasteiger partial charge in [0.25, 0.3) is 0 Å². The number of nitrogens with one attached hydrogen (secondary N) is 1. The first-order chi connectivity index (χ1) is 19.9. The Bertz CT molecular complexity index is 1800. The number of hydrogen-bond acceptors (Lipinski definition) is 8. The van der Waals surface area contributed by atoms with E-state index in [0.717, 1.165) is 17.5 Å². The van der Waals surface area contributed by atoms with Gasteiger partial charge in [-0.3, -0.25) is 23.9 Å². The number of aryl methyl sites for hydroxylation is 1. The van der Waals surface area contributed by atoms with Gasteiger partial charge in [-0.15, -0.1) is 0 Å². The summed E-state index contributed by atoms with van der Waals surface area (Å²) in [6.07, 6.45) is 4.78. The van der Waals surface area contributed by atoms with E-state index in [0.29, 0.717) is 33.3 Å². The summed E-state index contributed by atoms with van der Waals surface area (Å²) >= 11 is 3.29. The lowest BCUT2D eigenvalue weighted by atomic mass is 10.0. The Hall–Kier alpha value is -4.32. The lowest BCUT2D eigenvalue weighted by Gasteiger charge is -2.27. The third-order valence-corrected chi connectivity index (χ3v) is 8.57. The largest absolute Gasteiger partial charge is 0.325 e. The minimum atomic E-state index is -0.704. The van der Waals surface area contributed by atoms with Gasteiger partial charge in [0.15, 0.2) is 11.6 Å². The van der Waals surface area contributed by atoms with Crippen LogP contribution in [0.2, 0.25) is 0 Å². The zero-order chi connectivity index (χ0) is 29.9. The number of fused-ring (bicyclic) bond motifs is 2. The van der Waals surface area contributed by atoms with E-state index in [1.165, 1.54) is 24.6 Å². The zero-order valence-corrected chi connectivity index (χ0v) is 25.1. The molecule has 1 aliphatic carbocycles. The quantitative estimate of drug-likeness (QED) is 0.234. The van der Waals surface area contributed by atoms with Gasteiger partial charge in [-0.2, -0.15) is 5.10 Å². The molecule has 4 aromatic rings. The van der Waals surface area contributed by atoms with Crippen molar-refractivity contribution in [3.8, 4) is 11.1 Å². The number of amides is 2. The standard InChI is InChI=1S/C30H28BrN7O4/c1-15(39)19-8-25(31)34-26(9-19)35-29(42)23-10-30(4)11-24(30)38(23)27(41)14-37-22-6-5-18(20-12-32-17(3)33-13-20)7-21(22)28(36-37)16(2)40/h5-9,12-13,23-24H,10-11,14H2,1-4H3,(H,34,35,42)/t23-,24+,30-/m0/s1. The predicted molar refractivity (Wildman–Crippen MR) is 158 cm³/mol. The summed E-state index contributed by atoms with van der Waals surface area (Å²) in [5.74, 6) is -0.111.